The van der Waals surface area contributed by atoms with E-state index in [9.17, 15) is 8.42 Å². The lowest BCUT2D eigenvalue weighted by molar-refractivity contribution is 0.458. The summed E-state index contributed by atoms with van der Waals surface area (Å²) in [7, 11) is -2.29. The van der Waals surface area contributed by atoms with Crippen LogP contribution < -0.4 is 4.72 Å². The third kappa shape index (κ3) is 4.60. The van der Waals surface area contributed by atoms with E-state index in [-0.39, 0.29) is 13.0 Å². The van der Waals surface area contributed by atoms with Gasteiger partial charge in [-0.1, -0.05) is 36.4 Å². The van der Waals surface area contributed by atoms with Crippen LogP contribution in [0.4, 0.5) is 0 Å². The molecule has 1 unspecified atom stereocenters. The Morgan fingerprint density at radius 2 is 1.91 bits per heavy atom. The summed E-state index contributed by atoms with van der Waals surface area (Å²) in [5.41, 5.74) is 1.40. The number of aromatic nitrogens is 1. The summed E-state index contributed by atoms with van der Waals surface area (Å²) in [5, 5.41) is 8.62. The molecule has 120 valence electrons. The number of rotatable bonds is 7. The largest absolute Gasteiger partial charge is 0.280 e. The summed E-state index contributed by atoms with van der Waals surface area (Å²) < 4.78 is 28.7. The van der Waals surface area contributed by atoms with E-state index in [0.29, 0.717) is 5.69 Å². The number of pyridine rings is 1. The highest BCUT2D eigenvalue weighted by atomic mass is 32.2. The van der Waals surface area contributed by atoms with Gasteiger partial charge in [-0.05, 0) is 17.7 Å². The molecule has 23 heavy (non-hydrogen) atoms. The van der Waals surface area contributed by atoms with Crippen molar-refractivity contribution in [2.45, 2.75) is 12.5 Å². The highest BCUT2D eigenvalue weighted by Gasteiger charge is 2.25. The fraction of sp³-hybridized carbons (Fsp3) is 0.250. The topological polar surface area (TPSA) is 86.1 Å². The van der Waals surface area contributed by atoms with Crippen molar-refractivity contribution in [3.63, 3.8) is 0 Å². The summed E-state index contributed by atoms with van der Waals surface area (Å²) >= 11 is 0. The second-order valence-electron chi connectivity index (χ2n) is 4.95. The first-order valence-corrected chi connectivity index (χ1v) is 8.55. The Balaban J connectivity index is 2.31. The molecule has 6 nitrogen and oxygen atoms in total. The molecule has 0 bridgehead atoms. The van der Waals surface area contributed by atoms with Gasteiger partial charge in [-0.3, -0.25) is 4.98 Å². The van der Waals surface area contributed by atoms with Gasteiger partial charge in [0.25, 0.3) is 10.2 Å². The van der Waals surface area contributed by atoms with Crippen LogP contribution in [0, 0.1) is 11.3 Å². The van der Waals surface area contributed by atoms with E-state index in [1.807, 2.05) is 42.5 Å². The van der Waals surface area contributed by atoms with Crippen LogP contribution >= 0.6 is 0 Å². The third-order valence-corrected chi connectivity index (χ3v) is 4.87. The number of hydrogen-bond acceptors (Lipinski definition) is 4. The zero-order valence-corrected chi connectivity index (χ0v) is 13.6. The summed E-state index contributed by atoms with van der Waals surface area (Å²) in [6.45, 7) is 0.134. The summed E-state index contributed by atoms with van der Waals surface area (Å²) in [6, 6.07) is 16.0. The fourth-order valence-corrected chi connectivity index (χ4v) is 3.12. The van der Waals surface area contributed by atoms with Crippen LogP contribution in [0.5, 0.6) is 0 Å². The average molecular weight is 330 g/mol. The zero-order valence-electron chi connectivity index (χ0n) is 12.8. The van der Waals surface area contributed by atoms with Crippen molar-refractivity contribution in [1.29, 1.82) is 5.26 Å². The third-order valence-electron chi connectivity index (χ3n) is 3.33. The molecule has 1 heterocycles. The maximum atomic E-state index is 12.5. The zero-order chi connectivity index (χ0) is 16.7. The van der Waals surface area contributed by atoms with E-state index in [0.717, 1.165) is 9.87 Å². The molecule has 1 atom stereocenters. The average Bonchev–Trinajstić information content (AvgIpc) is 2.59. The van der Waals surface area contributed by atoms with Gasteiger partial charge < -0.3 is 0 Å². The number of hydrogen-bond donors (Lipinski definition) is 1. The first kappa shape index (κ1) is 17.1. The highest BCUT2D eigenvalue weighted by molar-refractivity contribution is 7.87. The van der Waals surface area contributed by atoms with Crippen LogP contribution in [0.3, 0.4) is 0 Å². The molecule has 1 aromatic heterocycles. The Kier molecular flexibility index (Phi) is 5.82. The Morgan fingerprint density at radius 3 is 2.52 bits per heavy atom. The van der Waals surface area contributed by atoms with Gasteiger partial charge in [0, 0.05) is 26.2 Å². The predicted octanol–water partition coefficient (Wildman–Crippen LogP) is 1.85. The molecule has 0 fully saturated rings. The van der Waals surface area contributed by atoms with Crippen molar-refractivity contribution in [3.8, 4) is 6.07 Å². The summed E-state index contributed by atoms with van der Waals surface area (Å²) in [6.07, 6.45) is 1.76. The normalized spacial score (nSPS) is 12.7. The molecule has 0 aliphatic heterocycles. The minimum atomic E-state index is -3.74. The molecule has 1 aromatic carbocycles. The Bertz CT molecular complexity index is 718. The predicted molar refractivity (Wildman–Crippen MR) is 87.4 cm³/mol. The van der Waals surface area contributed by atoms with Gasteiger partial charge in [-0.2, -0.15) is 22.7 Å². The van der Waals surface area contributed by atoms with Crippen molar-refractivity contribution in [2.24, 2.45) is 0 Å². The maximum absolute atomic E-state index is 12.5. The van der Waals surface area contributed by atoms with Gasteiger partial charge in [0.2, 0.25) is 0 Å². The number of nitriles is 1. The second kappa shape index (κ2) is 7.83. The Labute approximate surface area is 136 Å². The number of nitrogens with one attached hydrogen (secondary N) is 1. The molecular weight excluding hydrogens is 312 g/mol. The highest BCUT2D eigenvalue weighted by Crippen LogP contribution is 2.21. The quantitative estimate of drug-likeness (QED) is 0.839. The minimum absolute atomic E-state index is 0.134. The molecule has 0 saturated carbocycles. The molecule has 0 saturated heterocycles. The second-order valence-corrected chi connectivity index (χ2v) is 6.76. The van der Waals surface area contributed by atoms with Crippen LogP contribution in [0.25, 0.3) is 0 Å². The lowest BCUT2D eigenvalue weighted by atomic mass is 10.0. The molecule has 2 aromatic rings. The van der Waals surface area contributed by atoms with Gasteiger partial charge in [0.1, 0.15) is 0 Å². The van der Waals surface area contributed by atoms with Gasteiger partial charge in [0.15, 0.2) is 0 Å². The van der Waals surface area contributed by atoms with Crippen molar-refractivity contribution < 1.29 is 8.42 Å². The lowest BCUT2D eigenvalue weighted by Gasteiger charge is -2.23. The summed E-state index contributed by atoms with van der Waals surface area (Å²) in [5.74, 6) is 0. The molecule has 7 heteroatoms. The number of nitrogens with zero attached hydrogens (tertiary/aromatic N) is 3. The molecule has 0 aliphatic rings. The van der Waals surface area contributed by atoms with Gasteiger partial charge >= 0.3 is 0 Å². The van der Waals surface area contributed by atoms with Gasteiger partial charge in [0.05, 0.1) is 17.8 Å². The van der Waals surface area contributed by atoms with E-state index in [1.54, 1.807) is 18.3 Å². The van der Waals surface area contributed by atoms with E-state index < -0.39 is 16.3 Å². The lowest BCUT2D eigenvalue weighted by Crippen LogP contribution is -2.41. The minimum Gasteiger partial charge on any atom is -0.259 e. The van der Waals surface area contributed by atoms with Crippen molar-refractivity contribution in [1.82, 2.24) is 14.0 Å². The van der Waals surface area contributed by atoms with Crippen LogP contribution in [0.1, 0.15) is 23.7 Å². The van der Waals surface area contributed by atoms with Crippen molar-refractivity contribution in [2.75, 3.05) is 13.6 Å². The molecule has 0 aliphatic carbocycles. The van der Waals surface area contributed by atoms with Crippen molar-refractivity contribution >= 4 is 10.2 Å². The Morgan fingerprint density at radius 1 is 1.22 bits per heavy atom. The van der Waals surface area contributed by atoms with Crippen LogP contribution in [0.2, 0.25) is 0 Å². The van der Waals surface area contributed by atoms with E-state index >= 15 is 0 Å². The van der Waals surface area contributed by atoms with E-state index in [2.05, 4.69) is 9.71 Å². The SMILES string of the molecule is CN(CCC#N)S(=O)(=O)NC(c1ccccc1)c1ccccn1. The van der Waals surface area contributed by atoms with E-state index in [1.165, 1.54) is 7.05 Å². The molecule has 0 spiro atoms. The molecule has 1 N–H and O–H groups in total. The fourth-order valence-electron chi connectivity index (χ4n) is 2.06. The first-order chi connectivity index (χ1) is 11.0. The molecule has 0 amide bonds. The van der Waals surface area contributed by atoms with Gasteiger partial charge in [-0.15, -0.1) is 0 Å². The Hall–Kier alpha value is -2.27. The van der Waals surface area contributed by atoms with Crippen LogP contribution in [0.15, 0.2) is 54.7 Å². The molecule has 2 rings (SSSR count). The van der Waals surface area contributed by atoms with Crippen molar-refractivity contribution in [3.05, 3.63) is 66.0 Å². The molecular formula is C16H18N4O2S. The standard InChI is InChI=1S/C16H18N4O2S/c1-20(13-7-11-17)23(21,22)19-16(14-8-3-2-4-9-14)15-10-5-6-12-18-15/h2-6,8-10,12,16,19H,7,13H2,1H3. The van der Waals surface area contributed by atoms with Crippen LogP contribution in [-0.2, 0) is 10.2 Å². The monoisotopic (exact) mass is 330 g/mol. The molecule has 0 radical (unpaired) electrons. The van der Waals surface area contributed by atoms with Crippen LogP contribution in [-0.4, -0.2) is 31.3 Å². The maximum Gasteiger partial charge on any atom is 0.280 e. The first-order valence-electron chi connectivity index (χ1n) is 7.11. The smallest absolute Gasteiger partial charge is 0.259 e. The van der Waals surface area contributed by atoms with Gasteiger partial charge in [-0.25, -0.2) is 0 Å². The number of benzene rings is 1. The summed E-state index contributed by atoms with van der Waals surface area (Å²) in [4.78, 5) is 4.26. The van der Waals surface area contributed by atoms with E-state index in [4.69, 9.17) is 5.26 Å².